The van der Waals surface area contributed by atoms with Crippen LogP contribution in [0.2, 0.25) is 0 Å². The van der Waals surface area contributed by atoms with Crippen molar-refractivity contribution in [2.45, 2.75) is 116 Å². The molecule has 6 heteroatoms. The molecule has 0 aromatic heterocycles. The number of unbranched alkanes of at least 4 members (excludes halogenated alkanes) is 15. The Kier molecular flexibility index (Phi) is 15.1. The monoisotopic (exact) mass is 460 g/mol. The summed E-state index contributed by atoms with van der Waals surface area (Å²) in [6.45, 7) is 2.33. The van der Waals surface area contributed by atoms with Gasteiger partial charge in [-0.3, -0.25) is 0 Å². The fraction of sp³-hybridized carbons (Fsp3) is 0.731. The van der Waals surface area contributed by atoms with Crippen molar-refractivity contribution in [3.8, 4) is 0 Å². The predicted octanol–water partition coefficient (Wildman–Crippen LogP) is 9.26. The SMILES string of the molecule is CCCCCCCCCCCCCCCCCCOC(=O)c1cccc(C(F)(F)F)c1F. The highest BCUT2D eigenvalue weighted by atomic mass is 19.4. The summed E-state index contributed by atoms with van der Waals surface area (Å²) in [7, 11) is 0. The second-order valence-electron chi connectivity index (χ2n) is 8.60. The van der Waals surface area contributed by atoms with E-state index in [1.807, 2.05) is 0 Å². The van der Waals surface area contributed by atoms with Crippen molar-refractivity contribution in [3.05, 3.63) is 35.1 Å². The fourth-order valence-corrected chi connectivity index (χ4v) is 3.80. The maximum atomic E-state index is 13.9. The van der Waals surface area contributed by atoms with Crippen molar-refractivity contribution in [3.63, 3.8) is 0 Å². The van der Waals surface area contributed by atoms with Gasteiger partial charge in [-0.25, -0.2) is 9.18 Å². The molecule has 0 atom stereocenters. The van der Waals surface area contributed by atoms with E-state index >= 15 is 0 Å². The molecule has 32 heavy (non-hydrogen) atoms. The van der Waals surface area contributed by atoms with Crippen LogP contribution in [-0.4, -0.2) is 12.6 Å². The Morgan fingerprint density at radius 2 is 1.19 bits per heavy atom. The Morgan fingerprint density at radius 3 is 1.62 bits per heavy atom. The minimum Gasteiger partial charge on any atom is -0.462 e. The zero-order valence-electron chi connectivity index (χ0n) is 19.6. The molecule has 0 aliphatic heterocycles. The molecule has 0 aliphatic rings. The van der Waals surface area contributed by atoms with Crippen molar-refractivity contribution in [2.75, 3.05) is 6.61 Å². The van der Waals surface area contributed by atoms with Crippen molar-refractivity contribution >= 4 is 5.97 Å². The first-order valence-corrected chi connectivity index (χ1v) is 12.4. The molecule has 2 nitrogen and oxygen atoms in total. The number of carbonyl (C=O) groups is 1. The molecule has 0 N–H and O–H groups in total. The molecular weight excluding hydrogens is 420 g/mol. The highest BCUT2D eigenvalue weighted by molar-refractivity contribution is 5.90. The van der Waals surface area contributed by atoms with Gasteiger partial charge in [0.25, 0.3) is 0 Å². The van der Waals surface area contributed by atoms with Gasteiger partial charge in [-0.1, -0.05) is 109 Å². The molecule has 1 rings (SSSR count). The highest BCUT2D eigenvalue weighted by Gasteiger charge is 2.35. The predicted molar refractivity (Wildman–Crippen MR) is 121 cm³/mol. The molecule has 0 fully saturated rings. The summed E-state index contributed by atoms with van der Waals surface area (Å²) in [4.78, 5) is 11.9. The van der Waals surface area contributed by atoms with E-state index in [1.54, 1.807) is 0 Å². The van der Waals surface area contributed by atoms with E-state index < -0.39 is 29.1 Å². The van der Waals surface area contributed by atoms with Crippen LogP contribution in [0, 0.1) is 5.82 Å². The van der Waals surface area contributed by atoms with Crippen molar-refractivity contribution < 1.29 is 27.1 Å². The van der Waals surface area contributed by atoms with E-state index in [9.17, 15) is 22.4 Å². The number of alkyl halides is 3. The Balaban J connectivity index is 1.98. The van der Waals surface area contributed by atoms with Crippen LogP contribution < -0.4 is 0 Å². The standard InChI is InChI=1S/C26H40F4O2/c1-2-3-4-5-6-7-8-9-10-11-12-13-14-15-16-17-21-32-25(31)22-19-18-20-23(24(22)27)26(28,29)30/h18-20H,2-17,21H2,1H3. The Labute approximate surface area is 191 Å². The average Bonchev–Trinajstić information content (AvgIpc) is 2.75. The quantitative estimate of drug-likeness (QED) is 0.124. The molecule has 0 bridgehead atoms. The molecule has 0 unspecified atom stereocenters. The molecular formula is C26H40F4O2. The molecule has 184 valence electrons. The van der Waals surface area contributed by atoms with Crippen LogP contribution in [-0.2, 0) is 10.9 Å². The van der Waals surface area contributed by atoms with E-state index in [-0.39, 0.29) is 6.61 Å². The minimum absolute atomic E-state index is 0.0902. The van der Waals surface area contributed by atoms with Crippen molar-refractivity contribution in [2.24, 2.45) is 0 Å². The van der Waals surface area contributed by atoms with Gasteiger partial charge in [-0.15, -0.1) is 0 Å². The second kappa shape index (κ2) is 17.0. The number of halogens is 4. The maximum Gasteiger partial charge on any atom is 0.419 e. The maximum absolute atomic E-state index is 13.9. The number of hydrogen-bond acceptors (Lipinski definition) is 2. The van der Waals surface area contributed by atoms with Gasteiger partial charge in [0.1, 0.15) is 5.82 Å². The molecule has 0 radical (unpaired) electrons. The topological polar surface area (TPSA) is 26.3 Å². The van der Waals surface area contributed by atoms with Crippen molar-refractivity contribution in [1.82, 2.24) is 0 Å². The minimum atomic E-state index is -4.84. The number of esters is 1. The number of ether oxygens (including phenoxy) is 1. The van der Waals surface area contributed by atoms with Crippen LogP contribution in [0.5, 0.6) is 0 Å². The lowest BCUT2D eigenvalue weighted by molar-refractivity contribution is -0.140. The molecule has 0 saturated heterocycles. The van der Waals surface area contributed by atoms with Gasteiger partial charge in [0, 0.05) is 0 Å². The first kappa shape index (κ1) is 28.4. The second-order valence-corrected chi connectivity index (χ2v) is 8.60. The first-order chi connectivity index (χ1) is 15.4. The molecule has 0 spiro atoms. The normalized spacial score (nSPS) is 11.7. The van der Waals surface area contributed by atoms with Gasteiger partial charge in [-0.2, -0.15) is 13.2 Å². The van der Waals surface area contributed by atoms with Crippen LogP contribution in [0.25, 0.3) is 0 Å². The van der Waals surface area contributed by atoms with Gasteiger partial charge in [0.2, 0.25) is 0 Å². The number of rotatable bonds is 18. The highest BCUT2D eigenvalue weighted by Crippen LogP contribution is 2.32. The van der Waals surface area contributed by atoms with Crippen LogP contribution in [0.4, 0.5) is 17.6 Å². The van der Waals surface area contributed by atoms with Gasteiger partial charge < -0.3 is 4.74 Å². The zero-order valence-corrected chi connectivity index (χ0v) is 19.6. The Hall–Kier alpha value is -1.59. The summed E-state index contributed by atoms with van der Waals surface area (Å²) < 4.78 is 57.0. The van der Waals surface area contributed by atoms with Gasteiger partial charge in [0.05, 0.1) is 17.7 Å². The summed E-state index contributed by atoms with van der Waals surface area (Å²) in [6, 6.07) is 2.64. The summed E-state index contributed by atoms with van der Waals surface area (Å²) in [5.74, 6) is -2.62. The van der Waals surface area contributed by atoms with E-state index in [4.69, 9.17) is 4.74 Å². The van der Waals surface area contributed by atoms with E-state index in [2.05, 4.69) is 6.92 Å². The summed E-state index contributed by atoms with van der Waals surface area (Å²) in [5, 5.41) is 0. The molecule has 0 heterocycles. The van der Waals surface area contributed by atoms with Gasteiger partial charge in [0.15, 0.2) is 0 Å². The van der Waals surface area contributed by atoms with E-state index in [0.717, 1.165) is 31.4 Å². The largest absolute Gasteiger partial charge is 0.462 e. The third kappa shape index (κ3) is 12.4. The number of benzene rings is 1. The third-order valence-electron chi connectivity index (χ3n) is 5.76. The number of carbonyl (C=O) groups excluding carboxylic acids is 1. The lowest BCUT2D eigenvalue weighted by Gasteiger charge is -2.11. The smallest absolute Gasteiger partial charge is 0.419 e. The Morgan fingerprint density at radius 1 is 0.750 bits per heavy atom. The molecule has 1 aromatic rings. The summed E-state index contributed by atoms with van der Waals surface area (Å²) in [6.07, 6.45) is 14.8. The van der Waals surface area contributed by atoms with Crippen LogP contribution >= 0.6 is 0 Å². The lowest BCUT2D eigenvalue weighted by atomic mass is 10.0. The van der Waals surface area contributed by atoms with Crippen LogP contribution in [0.3, 0.4) is 0 Å². The van der Waals surface area contributed by atoms with Crippen LogP contribution in [0.15, 0.2) is 18.2 Å². The van der Waals surface area contributed by atoms with Crippen molar-refractivity contribution in [1.29, 1.82) is 0 Å². The molecule has 0 saturated carbocycles. The number of hydrogen-bond donors (Lipinski definition) is 0. The zero-order chi connectivity index (χ0) is 23.7. The fourth-order valence-electron chi connectivity index (χ4n) is 3.80. The van der Waals surface area contributed by atoms with Crippen LogP contribution in [0.1, 0.15) is 126 Å². The van der Waals surface area contributed by atoms with Gasteiger partial charge in [-0.05, 0) is 18.6 Å². The Bertz CT molecular complexity index is 629. The molecule has 1 aromatic carbocycles. The molecule has 0 amide bonds. The first-order valence-electron chi connectivity index (χ1n) is 12.4. The van der Waals surface area contributed by atoms with E-state index in [0.29, 0.717) is 12.5 Å². The van der Waals surface area contributed by atoms with E-state index in [1.165, 1.54) is 77.0 Å². The molecule has 0 aliphatic carbocycles. The summed E-state index contributed by atoms with van der Waals surface area (Å²) >= 11 is 0. The third-order valence-corrected chi connectivity index (χ3v) is 5.76. The average molecular weight is 461 g/mol. The van der Waals surface area contributed by atoms with Gasteiger partial charge >= 0.3 is 12.1 Å². The lowest BCUT2D eigenvalue weighted by Crippen LogP contribution is -2.14. The summed E-state index contributed by atoms with van der Waals surface area (Å²) in [5.41, 5.74) is -2.12.